The molecule has 0 aliphatic rings. The van der Waals surface area contributed by atoms with Crippen LogP contribution in [0.4, 0.5) is 5.82 Å². The summed E-state index contributed by atoms with van der Waals surface area (Å²) < 4.78 is 21.8. The first-order chi connectivity index (χ1) is 15.0. The van der Waals surface area contributed by atoms with Crippen molar-refractivity contribution >= 4 is 17.4 Å². The van der Waals surface area contributed by atoms with E-state index in [1.54, 1.807) is 34.5 Å². The van der Waals surface area contributed by atoms with E-state index in [1.807, 2.05) is 43.3 Å². The Morgan fingerprint density at radius 2 is 1.26 bits per heavy atom. The highest BCUT2D eigenvalue weighted by molar-refractivity contribution is 6.29. The maximum absolute atomic E-state index is 6.24. The molecule has 0 saturated heterocycles. The Kier molecular flexibility index (Phi) is 7.41. The molecule has 0 saturated carbocycles. The molecule has 0 unspecified atom stereocenters. The number of aryl methyl sites for hydroxylation is 1. The molecule has 0 bridgehead atoms. The zero-order chi connectivity index (χ0) is 22.4. The minimum atomic E-state index is 0.385. The van der Waals surface area contributed by atoms with Gasteiger partial charge in [0.25, 0.3) is 0 Å². The van der Waals surface area contributed by atoms with Crippen molar-refractivity contribution in [1.82, 2.24) is 9.97 Å². The summed E-state index contributed by atoms with van der Waals surface area (Å²) in [5.74, 6) is 4.20. The first-order valence-corrected chi connectivity index (χ1v) is 10.0. The van der Waals surface area contributed by atoms with Crippen molar-refractivity contribution in [2.45, 2.75) is 20.0 Å². The molecule has 0 N–H and O–H groups in total. The van der Waals surface area contributed by atoms with Crippen LogP contribution in [0.2, 0.25) is 5.15 Å². The van der Waals surface area contributed by atoms with Crippen LogP contribution in [0.3, 0.4) is 0 Å². The average molecular weight is 444 g/mol. The summed E-state index contributed by atoms with van der Waals surface area (Å²) in [5.41, 5.74) is 1.95. The van der Waals surface area contributed by atoms with E-state index < -0.39 is 0 Å². The lowest BCUT2D eigenvalue weighted by Crippen LogP contribution is -2.24. The summed E-state index contributed by atoms with van der Waals surface area (Å²) in [7, 11) is 6.53. The zero-order valence-electron chi connectivity index (χ0n) is 18.3. The van der Waals surface area contributed by atoms with Crippen molar-refractivity contribution in [1.29, 1.82) is 0 Å². The molecule has 2 aromatic carbocycles. The Hall–Kier alpha value is -3.19. The molecule has 3 aromatic rings. The number of methoxy groups -OCH3 is 4. The summed E-state index contributed by atoms with van der Waals surface area (Å²) in [6.07, 6.45) is 0. The summed E-state index contributed by atoms with van der Waals surface area (Å²) in [4.78, 5) is 10.9. The van der Waals surface area contributed by atoms with Crippen LogP contribution in [-0.4, -0.2) is 38.4 Å². The topological polar surface area (TPSA) is 65.9 Å². The minimum Gasteiger partial charge on any atom is -0.497 e. The smallest absolute Gasteiger partial charge is 0.134 e. The van der Waals surface area contributed by atoms with Crippen LogP contribution in [-0.2, 0) is 13.1 Å². The predicted molar refractivity (Wildman–Crippen MR) is 121 cm³/mol. The Balaban J connectivity index is 2.02. The Morgan fingerprint density at radius 3 is 1.68 bits per heavy atom. The van der Waals surface area contributed by atoms with E-state index in [1.165, 1.54) is 0 Å². The van der Waals surface area contributed by atoms with Gasteiger partial charge in [-0.25, -0.2) is 9.97 Å². The van der Waals surface area contributed by atoms with Crippen LogP contribution in [0.15, 0.2) is 42.5 Å². The normalized spacial score (nSPS) is 10.5. The number of nitrogens with zero attached hydrogens (tertiary/aromatic N) is 3. The molecular formula is C23H26ClN3O4. The third-order valence-electron chi connectivity index (χ3n) is 4.83. The van der Waals surface area contributed by atoms with E-state index in [9.17, 15) is 0 Å². The van der Waals surface area contributed by atoms with E-state index in [0.717, 1.165) is 34.1 Å². The number of benzene rings is 2. The molecule has 31 heavy (non-hydrogen) atoms. The third kappa shape index (κ3) is 5.49. The Bertz CT molecular complexity index is 968. The summed E-state index contributed by atoms with van der Waals surface area (Å²) in [6, 6.07) is 13.2. The van der Waals surface area contributed by atoms with Gasteiger partial charge in [0, 0.05) is 42.4 Å². The summed E-state index contributed by atoms with van der Waals surface area (Å²) in [6.45, 7) is 2.86. The molecule has 0 atom stereocenters. The molecule has 1 aromatic heterocycles. The molecule has 0 aliphatic heterocycles. The van der Waals surface area contributed by atoms with Gasteiger partial charge in [0.05, 0.1) is 28.4 Å². The van der Waals surface area contributed by atoms with Crippen molar-refractivity contribution in [2.75, 3.05) is 33.3 Å². The summed E-state index contributed by atoms with van der Waals surface area (Å²) in [5, 5.41) is 0.385. The maximum atomic E-state index is 6.24. The number of anilines is 1. The molecule has 0 radical (unpaired) electrons. The number of aromatic nitrogens is 2. The van der Waals surface area contributed by atoms with Crippen LogP contribution < -0.4 is 23.8 Å². The third-order valence-corrected chi connectivity index (χ3v) is 5.02. The molecule has 3 rings (SSSR count). The molecule has 0 amide bonds. The first-order valence-electron chi connectivity index (χ1n) is 9.65. The monoisotopic (exact) mass is 443 g/mol. The number of hydrogen-bond acceptors (Lipinski definition) is 7. The second-order valence-corrected chi connectivity index (χ2v) is 7.19. The number of ether oxygens (including phenoxy) is 4. The quantitative estimate of drug-likeness (QED) is 0.445. The Morgan fingerprint density at radius 1 is 0.742 bits per heavy atom. The van der Waals surface area contributed by atoms with E-state index in [2.05, 4.69) is 14.9 Å². The maximum Gasteiger partial charge on any atom is 0.134 e. The van der Waals surface area contributed by atoms with Gasteiger partial charge in [0.2, 0.25) is 0 Å². The van der Waals surface area contributed by atoms with Crippen molar-refractivity contribution in [3.05, 3.63) is 64.6 Å². The van der Waals surface area contributed by atoms with Gasteiger partial charge in [0.15, 0.2) is 0 Å². The lowest BCUT2D eigenvalue weighted by atomic mass is 10.1. The van der Waals surface area contributed by atoms with Crippen molar-refractivity contribution in [3.63, 3.8) is 0 Å². The number of hydrogen-bond donors (Lipinski definition) is 0. The largest absolute Gasteiger partial charge is 0.497 e. The molecule has 8 heteroatoms. The molecular weight excluding hydrogens is 418 g/mol. The first kappa shape index (κ1) is 22.5. The van der Waals surface area contributed by atoms with Gasteiger partial charge in [-0.15, -0.1) is 0 Å². The van der Waals surface area contributed by atoms with Gasteiger partial charge in [-0.05, 0) is 31.2 Å². The van der Waals surface area contributed by atoms with E-state index in [-0.39, 0.29) is 0 Å². The highest BCUT2D eigenvalue weighted by Gasteiger charge is 2.17. The fraction of sp³-hybridized carbons (Fsp3) is 0.304. The van der Waals surface area contributed by atoms with Gasteiger partial charge < -0.3 is 23.8 Å². The zero-order valence-corrected chi connectivity index (χ0v) is 19.1. The molecule has 0 fully saturated rings. The highest BCUT2D eigenvalue weighted by atomic mass is 35.5. The molecule has 164 valence electrons. The molecule has 0 aliphatic carbocycles. The second kappa shape index (κ2) is 10.2. The average Bonchev–Trinajstić information content (AvgIpc) is 2.78. The van der Waals surface area contributed by atoms with E-state index >= 15 is 0 Å². The van der Waals surface area contributed by atoms with Crippen LogP contribution in [0.5, 0.6) is 23.0 Å². The molecule has 1 heterocycles. The Labute approximate surface area is 187 Å². The van der Waals surface area contributed by atoms with Gasteiger partial charge in [-0.1, -0.05) is 11.6 Å². The lowest BCUT2D eigenvalue weighted by Gasteiger charge is -2.26. The SMILES string of the molecule is COc1ccc(CN(Cc2ccc(OC)cc2OC)c2cc(Cl)nc(C)n2)c(OC)c1. The number of halogens is 1. The fourth-order valence-corrected chi connectivity index (χ4v) is 3.49. The van der Waals surface area contributed by atoms with E-state index in [0.29, 0.717) is 29.9 Å². The lowest BCUT2D eigenvalue weighted by molar-refractivity contribution is 0.389. The van der Waals surface area contributed by atoms with Gasteiger partial charge in [-0.2, -0.15) is 0 Å². The highest BCUT2D eigenvalue weighted by Crippen LogP contribution is 2.31. The van der Waals surface area contributed by atoms with Crippen LogP contribution in [0.1, 0.15) is 17.0 Å². The van der Waals surface area contributed by atoms with Gasteiger partial charge in [-0.3, -0.25) is 0 Å². The van der Waals surface area contributed by atoms with Crippen LogP contribution in [0, 0.1) is 6.92 Å². The predicted octanol–water partition coefficient (Wildman–Crippen LogP) is 4.68. The standard InChI is InChI=1S/C23H26ClN3O4/c1-15-25-22(24)12-23(26-15)27(13-16-6-8-18(28-2)10-20(16)30-4)14-17-7-9-19(29-3)11-21(17)31-5/h6-12H,13-14H2,1-5H3. The second-order valence-electron chi connectivity index (χ2n) is 6.81. The van der Waals surface area contributed by atoms with Gasteiger partial charge in [0.1, 0.15) is 39.8 Å². The van der Waals surface area contributed by atoms with Crippen LogP contribution in [0.25, 0.3) is 0 Å². The minimum absolute atomic E-state index is 0.385. The molecule has 0 spiro atoms. The van der Waals surface area contributed by atoms with Crippen molar-refractivity contribution in [2.24, 2.45) is 0 Å². The molecule has 7 nitrogen and oxygen atoms in total. The fourth-order valence-electron chi connectivity index (χ4n) is 3.27. The number of rotatable bonds is 9. The van der Waals surface area contributed by atoms with Crippen LogP contribution >= 0.6 is 11.6 Å². The van der Waals surface area contributed by atoms with Crippen molar-refractivity contribution in [3.8, 4) is 23.0 Å². The van der Waals surface area contributed by atoms with E-state index in [4.69, 9.17) is 30.5 Å². The summed E-state index contributed by atoms with van der Waals surface area (Å²) >= 11 is 6.24. The van der Waals surface area contributed by atoms with Gasteiger partial charge >= 0.3 is 0 Å². The van der Waals surface area contributed by atoms with Crippen molar-refractivity contribution < 1.29 is 18.9 Å².